The first kappa shape index (κ1) is 46.1. The van der Waals surface area contributed by atoms with Gasteiger partial charge < -0.3 is 14.2 Å². The van der Waals surface area contributed by atoms with Gasteiger partial charge in [0, 0.05) is 19.3 Å². The van der Waals surface area contributed by atoms with Gasteiger partial charge in [-0.1, -0.05) is 174 Å². The first-order chi connectivity index (χ1) is 23.5. The zero-order chi connectivity index (χ0) is 35.2. The van der Waals surface area contributed by atoms with Crippen molar-refractivity contribution in [1.82, 2.24) is 0 Å². The van der Waals surface area contributed by atoms with E-state index in [2.05, 4.69) is 32.9 Å². The molecule has 0 heterocycles. The summed E-state index contributed by atoms with van der Waals surface area (Å²) >= 11 is 0. The highest BCUT2D eigenvalue weighted by Gasteiger charge is 2.19. The van der Waals surface area contributed by atoms with Gasteiger partial charge in [0.15, 0.2) is 6.10 Å². The lowest BCUT2D eigenvalue weighted by Crippen LogP contribution is -2.30. The quantitative estimate of drug-likeness (QED) is 0.0282. The Morgan fingerprint density at radius 2 is 0.729 bits per heavy atom. The fraction of sp³-hybridized carbons (Fsp3) is 0.881. The van der Waals surface area contributed by atoms with Crippen molar-refractivity contribution in [1.29, 1.82) is 0 Å². The molecule has 0 bridgehead atoms. The number of esters is 3. The van der Waals surface area contributed by atoms with E-state index in [0.29, 0.717) is 19.3 Å². The van der Waals surface area contributed by atoms with Gasteiger partial charge in [0.1, 0.15) is 13.2 Å². The molecule has 0 saturated carbocycles. The van der Waals surface area contributed by atoms with Crippen LogP contribution in [0.15, 0.2) is 12.2 Å². The molecule has 0 saturated heterocycles. The van der Waals surface area contributed by atoms with Crippen molar-refractivity contribution in [2.24, 2.45) is 0 Å². The van der Waals surface area contributed by atoms with Crippen molar-refractivity contribution in [2.75, 3.05) is 13.2 Å². The van der Waals surface area contributed by atoms with E-state index in [1.165, 1.54) is 103 Å². The third-order valence-corrected chi connectivity index (χ3v) is 9.00. The van der Waals surface area contributed by atoms with Gasteiger partial charge in [0.05, 0.1) is 0 Å². The van der Waals surface area contributed by atoms with Gasteiger partial charge >= 0.3 is 17.9 Å². The van der Waals surface area contributed by atoms with Crippen molar-refractivity contribution in [3.05, 3.63) is 12.2 Å². The number of rotatable bonds is 37. The summed E-state index contributed by atoms with van der Waals surface area (Å²) in [4.78, 5) is 37.4. The number of carbonyl (C=O) groups excluding carboxylic acids is 3. The molecule has 0 aromatic heterocycles. The molecule has 0 aromatic carbocycles. The first-order valence-electron chi connectivity index (χ1n) is 20.7. The van der Waals surface area contributed by atoms with Gasteiger partial charge in [-0.05, 0) is 38.5 Å². The third kappa shape index (κ3) is 35.5. The molecule has 0 N–H and O–H groups in total. The van der Waals surface area contributed by atoms with Crippen LogP contribution in [0, 0.1) is 0 Å². The van der Waals surface area contributed by atoms with Crippen molar-refractivity contribution >= 4 is 17.9 Å². The van der Waals surface area contributed by atoms with Crippen LogP contribution in [0.3, 0.4) is 0 Å². The molecule has 0 aromatic rings. The van der Waals surface area contributed by atoms with E-state index >= 15 is 0 Å². The van der Waals surface area contributed by atoms with E-state index in [-0.39, 0.29) is 31.1 Å². The van der Waals surface area contributed by atoms with Crippen LogP contribution in [-0.4, -0.2) is 37.2 Å². The van der Waals surface area contributed by atoms with Gasteiger partial charge in [-0.2, -0.15) is 0 Å². The summed E-state index contributed by atoms with van der Waals surface area (Å²) in [5.74, 6) is -0.883. The molecule has 0 amide bonds. The Morgan fingerprint density at radius 3 is 1.12 bits per heavy atom. The number of unbranched alkanes of at least 4 members (excludes halogenated alkanes) is 24. The van der Waals surface area contributed by atoms with E-state index in [0.717, 1.165) is 77.0 Å². The smallest absolute Gasteiger partial charge is 0.306 e. The van der Waals surface area contributed by atoms with Gasteiger partial charge in [-0.25, -0.2) is 0 Å². The Bertz CT molecular complexity index is 748. The maximum Gasteiger partial charge on any atom is 0.306 e. The maximum atomic E-state index is 12.6. The zero-order valence-corrected chi connectivity index (χ0v) is 32.0. The lowest BCUT2D eigenvalue weighted by molar-refractivity contribution is -0.167. The van der Waals surface area contributed by atoms with Gasteiger partial charge in [-0.15, -0.1) is 0 Å². The van der Waals surface area contributed by atoms with E-state index in [4.69, 9.17) is 14.2 Å². The van der Waals surface area contributed by atoms with Crippen LogP contribution in [0.25, 0.3) is 0 Å². The molecule has 1 atom stereocenters. The zero-order valence-electron chi connectivity index (χ0n) is 32.0. The molecule has 282 valence electrons. The van der Waals surface area contributed by atoms with E-state index in [1.807, 2.05) is 0 Å². The molecular formula is C42H78O6. The van der Waals surface area contributed by atoms with E-state index < -0.39 is 6.10 Å². The van der Waals surface area contributed by atoms with Crippen LogP contribution < -0.4 is 0 Å². The fourth-order valence-electron chi connectivity index (χ4n) is 5.85. The molecule has 0 aliphatic rings. The van der Waals surface area contributed by atoms with Crippen LogP contribution >= 0.6 is 0 Å². The minimum absolute atomic E-state index is 0.0700. The summed E-state index contributed by atoms with van der Waals surface area (Å²) in [7, 11) is 0. The highest BCUT2D eigenvalue weighted by molar-refractivity contribution is 5.71. The van der Waals surface area contributed by atoms with Crippen LogP contribution in [-0.2, 0) is 28.6 Å². The number of hydrogen-bond donors (Lipinski definition) is 0. The molecule has 0 fully saturated rings. The Balaban J connectivity index is 4.33. The number of carbonyl (C=O) groups is 3. The average Bonchev–Trinajstić information content (AvgIpc) is 3.08. The maximum absolute atomic E-state index is 12.6. The average molecular weight is 679 g/mol. The van der Waals surface area contributed by atoms with Crippen LogP contribution in [0.1, 0.15) is 220 Å². The summed E-state index contributed by atoms with van der Waals surface area (Å²) in [5.41, 5.74) is 0. The van der Waals surface area contributed by atoms with Gasteiger partial charge in [-0.3, -0.25) is 14.4 Å². The highest BCUT2D eigenvalue weighted by Crippen LogP contribution is 2.14. The molecule has 0 rings (SSSR count). The van der Waals surface area contributed by atoms with Crippen LogP contribution in [0.2, 0.25) is 0 Å². The molecular weight excluding hydrogens is 600 g/mol. The lowest BCUT2D eigenvalue weighted by Gasteiger charge is -2.18. The van der Waals surface area contributed by atoms with Crippen LogP contribution in [0.4, 0.5) is 0 Å². The fourth-order valence-corrected chi connectivity index (χ4v) is 5.85. The second-order valence-electron chi connectivity index (χ2n) is 13.9. The van der Waals surface area contributed by atoms with E-state index in [9.17, 15) is 14.4 Å². The Morgan fingerprint density at radius 1 is 0.396 bits per heavy atom. The van der Waals surface area contributed by atoms with Gasteiger partial charge in [0.25, 0.3) is 0 Å². The largest absolute Gasteiger partial charge is 0.462 e. The second-order valence-corrected chi connectivity index (χ2v) is 13.9. The molecule has 1 unspecified atom stereocenters. The predicted molar refractivity (Wildman–Crippen MR) is 201 cm³/mol. The summed E-state index contributed by atoms with van der Waals surface area (Å²) in [6.07, 6.45) is 37.7. The third-order valence-electron chi connectivity index (χ3n) is 9.00. The Labute approximate surface area is 297 Å². The predicted octanol–water partition coefficient (Wildman–Crippen LogP) is 12.7. The van der Waals surface area contributed by atoms with Gasteiger partial charge in [0.2, 0.25) is 0 Å². The summed E-state index contributed by atoms with van der Waals surface area (Å²) in [6, 6.07) is 0. The molecule has 48 heavy (non-hydrogen) atoms. The number of allylic oxidation sites excluding steroid dienone is 2. The molecule has 0 radical (unpaired) electrons. The van der Waals surface area contributed by atoms with E-state index in [1.54, 1.807) is 0 Å². The number of ether oxygens (including phenoxy) is 3. The normalized spacial score (nSPS) is 12.0. The number of hydrogen-bond acceptors (Lipinski definition) is 6. The monoisotopic (exact) mass is 679 g/mol. The lowest BCUT2D eigenvalue weighted by atomic mass is 10.0. The first-order valence-corrected chi connectivity index (χ1v) is 20.7. The van der Waals surface area contributed by atoms with Crippen molar-refractivity contribution in [3.63, 3.8) is 0 Å². The minimum Gasteiger partial charge on any atom is -0.462 e. The summed E-state index contributed by atoms with van der Waals surface area (Å²) < 4.78 is 16.6. The second kappa shape index (κ2) is 38.0. The Hall–Kier alpha value is -1.85. The highest BCUT2D eigenvalue weighted by atomic mass is 16.6. The molecule has 6 heteroatoms. The SMILES string of the molecule is CCC/C=C\CCCCCCCC(=O)OC(COC(=O)CCCCCCCCCC)COC(=O)CCCCCCCCCCCCCC. The van der Waals surface area contributed by atoms with Crippen molar-refractivity contribution in [2.45, 2.75) is 226 Å². The topological polar surface area (TPSA) is 78.9 Å². The molecule has 0 aliphatic carbocycles. The standard InChI is InChI=1S/C42H78O6/c1-4-7-10-13-16-19-21-22-24-26-29-32-35-41(44)47-38-39(37-46-40(43)34-31-28-25-18-15-12-9-6-3)48-42(45)36-33-30-27-23-20-17-14-11-8-5-2/h11,14,39H,4-10,12-13,15-38H2,1-3H3/b14-11-. The summed E-state index contributed by atoms with van der Waals surface area (Å²) in [6.45, 7) is 6.53. The Kier molecular flexibility index (Phi) is 36.5. The molecule has 6 nitrogen and oxygen atoms in total. The van der Waals surface area contributed by atoms with Crippen LogP contribution in [0.5, 0.6) is 0 Å². The van der Waals surface area contributed by atoms with Crippen molar-refractivity contribution < 1.29 is 28.6 Å². The molecule has 0 spiro atoms. The minimum atomic E-state index is -0.763. The van der Waals surface area contributed by atoms with Crippen molar-refractivity contribution in [3.8, 4) is 0 Å². The molecule has 0 aliphatic heterocycles. The summed E-state index contributed by atoms with van der Waals surface area (Å²) in [5, 5.41) is 0.